The lowest BCUT2D eigenvalue weighted by Gasteiger charge is -2.10. The molecule has 0 spiro atoms. The van der Waals surface area contributed by atoms with Crippen LogP contribution >= 0.6 is 12.2 Å². The number of pyridine rings is 1. The Balaban J connectivity index is 2.27. The Morgan fingerprint density at radius 3 is 2.92 bits per heavy atom. The first-order chi connectivity index (χ1) is 11.5. The summed E-state index contributed by atoms with van der Waals surface area (Å²) in [5.41, 5.74) is 8.12. The second-order valence-corrected chi connectivity index (χ2v) is 4.77. The third kappa shape index (κ3) is 4.36. The first kappa shape index (κ1) is 17.1. The Morgan fingerprint density at radius 1 is 1.46 bits per heavy atom. The summed E-state index contributed by atoms with van der Waals surface area (Å²) in [5.74, 6) is 0.505. The Kier molecular flexibility index (Phi) is 5.58. The molecule has 0 bridgehead atoms. The van der Waals surface area contributed by atoms with E-state index in [4.69, 9.17) is 15.2 Å². The molecule has 1 heterocycles. The maximum atomic E-state index is 11.0. The van der Waals surface area contributed by atoms with Gasteiger partial charge in [-0.3, -0.25) is 15.5 Å². The highest BCUT2D eigenvalue weighted by Gasteiger charge is 2.18. The number of nitrogens with two attached hydrogens (primary N) is 1. The van der Waals surface area contributed by atoms with Gasteiger partial charge in [0.2, 0.25) is 0 Å². The van der Waals surface area contributed by atoms with Crippen LogP contribution in [0.2, 0.25) is 0 Å². The minimum atomic E-state index is -0.572. The Labute approximate surface area is 142 Å². The molecule has 0 unspecified atom stereocenters. The monoisotopic (exact) mass is 347 g/mol. The van der Waals surface area contributed by atoms with Crippen LogP contribution in [0.4, 0.5) is 5.69 Å². The topological polar surface area (TPSA) is 125 Å². The van der Waals surface area contributed by atoms with Crippen LogP contribution in [-0.4, -0.2) is 28.3 Å². The second-order valence-electron chi connectivity index (χ2n) is 4.33. The molecule has 2 aromatic rings. The maximum Gasteiger partial charge on any atom is 0.331 e. The fraction of sp³-hybridized carbons (Fsp3) is 0.0714. The fourth-order valence-electron chi connectivity index (χ4n) is 1.72. The number of hydrogen-bond acceptors (Lipinski definition) is 7. The summed E-state index contributed by atoms with van der Waals surface area (Å²) >= 11 is 4.63. The largest absolute Gasteiger partial charge is 0.493 e. The predicted molar refractivity (Wildman–Crippen MR) is 91.5 cm³/mol. The number of aromatic nitrogens is 1. The number of thiocarbonyl (C=S) groups is 1. The summed E-state index contributed by atoms with van der Waals surface area (Å²) in [6.07, 6.45) is 2.88. The van der Waals surface area contributed by atoms with E-state index >= 15 is 0 Å². The van der Waals surface area contributed by atoms with Gasteiger partial charge in [0, 0.05) is 12.3 Å². The number of nitrogens with one attached hydrogen (secondary N) is 1. The van der Waals surface area contributed by atoms with Crippen LogP contribution in [0.3, 0.4) is 0 Å². The van der Waals surface area contributed by atoms with E-state index in [1.165, 1.54) is 31.7 Å². The van der Waals surface area contributed by atoms with E-state index < -0.39 is 4.92 Å². The fourth-order valence-corrected chi connectivity index (χ4v) is 1.78. The molecule has 0 aliphatic carbocycles. The van der Waals surface area contributed by atoms with Crippen LogP contribution in [0, 0.1) is 10.1 Å². The molecule has 10 heteroatoms. The quantitative estimate of drug-likeness (QED) is 0.351. The van der Waals surface area contributed by atoms with E-state index in [-0.39, 0.29) is 22.4 Å². The minimum absolute atomic E-state index is 0.0422. The highest BCUT2D eigenvalue weighted by atomic mass is 32.1. The molecule has 0 radical (unpaired) electrons. The SMILES string of the molecule is COc1cc(C=NNC(N)=S)ccc1Oc1ncccc1[N+](=O)[O-]. The van der Waals surface area contributed by atoms with Gasteiger partial charge in [0.15, 0.2) is 16.6 Å². The van der Waals surface area contributed by atoms with Gasteiger partial charge < -0.3 is 15.2 Å². The van der Waals surface area contributed by atoms with Crippen LogP contribution in [0.1, 0.15) is 5.56 Å². The average Bonchev–Trinajstić information content (AvgIpc) is 2.56. The van der Waals surface area contributed by atoms with Crippen molar-refractivity contribution in [3.8, 4) is 17.4 Å². The number of ether oxygens (including phenoxy) is 2. The van der Waals surface area contributed by atoms with Crippen molar-refractivity contribution in [2.45, 2.75) is 0 Å². The van der Waals surface area contributed by atoms with Crippen LogP contribution in [0.25, 0.3) is 0 Å². The van der Waals surface area contributed by atoms with Gasteiger partial charge in [0.25, 0.3) is 5.88 Å². The highest BCUT2D eigenvalue weighted by molar-refractivity contribution is 7.80. The van der Waals surface area contributed by atoms with Gasteiger partial charge in [-0.15, -0.1) is 0 Å². The molecule has 0 aliphatic heterocycles. The summed E-state index contributed by atoms with van der Waals surface area (Å²) < 4.78 is 10.7. The predicted octanol–water partition coefficient (Wildman–Crippen LogP) is 1.96. The molecule has 0 atom stereocenters. The molecule has 1 aromatic heterocycles. The second kappa shape index (κ2) is 7.83. The molecule has 2 rings (SSSR count). The number of hydrogen-bond donors (Lipinski definition) is 2. The van der Waals surface area contributed by atoms with Gasteiger partial charge in [-0.1, -0.05) is 0 Å². The van der Waals surface area contributed by atoms with Crippen molar-refractivity contribution >= 4 is 29.2 Å². The zero-order valence-electron chi connectivity index (χ0n) is 12.5. The molecule has 1 aromatic carbocycles. The van der Waals surface area contributed by atoms with E-state index in [1.54, 1.807) is 18.2 Å². The first-order valence-corrected chi connectivity index (χ1v) is 6.96. The Bertz CT molecular complexity index is 796. The van der Waals surface area contributed by atoms with E-state index in [1.807, 2.05) is 0 Å². The Hall–Kier alpha value is -3.27. The number of benzene rings is 1. The van der Waals surface area contributed by atoms with Crippen LogP contribution in [0.5, 0.6) is 17.4 Å². The third-order valence-corrected chi connectivity index (χ3v) is 2.82. The highest BCUT2D eigenvalue weighted by Crippen LogP contribution is 2.34. The molecular formula is C14H13N5O4S. The van der Waals surface area contributed by atoms with Crippen molar-refractivity contribution in [2.75, 3.05) is 7.11 Å². The van der Waals surface area contributed by atoms with E-state index in [2.05, 4.69) is 27.7 Å². The van der Waals surface area contributed by atoms with Crippen molar-refractivity contribution < 1.29 is 14.4 Å². The zero-order valence-corrected chi connectivity index (χ0v) is 13.3. The van der Waals surface area contributed by atoms with Crippen molar-refractivity contribution in [3.63, 3.8) is 0 Å². The first-order valence-electron chi connectivity index (χ1n) is 6.55. The average molecular weight is 347 g/mol. The van der Waals surface area contributed by atoms with Gasteiger partial charge in [-0.25, -0.2) is 4.98 Å². The zero-order chi connectivity index (χ0) is 17.5. The van der Waals surface area contributed by atoms with Gasteiger partial charge in [0.1, 0.15) is 0 Å². The third-order valence-electron chi connectivity index (χ3n) is 2.73. The van der Waals surface area contributed by atoms with Crippen LogP contribution < -0.4 is 20.6 Å². The van der Waals surface area contributed by atoms with Gasteiger partial charge in [-0.05, 0) is 42.0 Å². The summed E-state index contributed by atoms with van der Waals surface area (Å²) in [6.45, 7) is 0. The van der Waals surface area contributed by atoms with Crippen molar-refractivity contribution in [2.24, 2.45) is 10.8 Å². The van der Waals surface area contributed by atoms with Crippen molar-refractivity contribution in [3.05, 3.63) is 52.2 Å². The van der Waals surface area contributed by atoms with Gasteiger partial charge in [-0.2, -0.15) is 5.10 Å². The van der Waals surface area contributed by atoms with E-state index in [0.29, 0.717) is 11.3 Å². The number of hydrazone groups is 1. The minimum Gasteiger partial charge on any atom is -0.493 e. The lowest BCUT2D eigenvalue weighted by molar-refractivity contribution is -0.386. The summed E-state index contributed by atoms with van der Waals surface area (Å²) in [7, 11) is 1.45. The standard InChI is InChI=1S/C14H13N5O4S/c1-22-12-7-9(8-17-18-14(15)24)4-5-11(12)23-13-10(19(20)21)3-2-6-16-13/h2-8H,1H3,(H3,15,18,24). The van der Waals surface area contributed by atoms with Crippen molar-refractivity contribution in [1.82, 2.24) is 10.4 Å². The molecule has 24 heavy (non-hydrogen) atoms. The normalized spacial score (nSPS) is 10.4. The lowest BCUT2D eigenvalue weighted by atomic mass is 10.2. The maximum absolute atomic E-state index is 11.0. The molecule has 0 fully saturated rings. The summed E-state index contributed by atoms with van der Waals surface area (Å²) in [4.78, 5) is 14.3. The van der Waals surface area contributed by atoms with E-state index in [0.717, 1.165) is 0 Å². The molecule has 3 N–H and O–H groups in total. The van der Waals surface area contributed by atoms with Crippen LogP contribution in [-0.2, 0) is 0 Å². The molecule has 0 amide bonds. The molecule has 0 saturated heterocycles. The van der Waals surface area contributed by atoms with Gasteiger partial charge >= 0.3 is 5.69 Å². The number of nitrogens with zero attached hydrogens (tertiary/aromatic N) is 3. The van der Waals surface area contributed by atoms with Gasteiger partial charge in [0.05, 0.1) is 18.2 Å². The summed E-state index contributed by atoms with van der Waals surface area (Å²) in [6, 6.07) is 7.65. The summed E-state index contributed by atoms with van der Waals surface area (Å²) in [5, 5.41) is 14.9. The molecule has 9 nitrogen and oxygen atoms in total. The molecular weight excluding hydrogens is 334 g/mol. The van der Waals surface area contributed by atoms with E-state index in [9.17, 15) is 10.1 Å². The number of nitro groups is 1. The molecule has 124 valence electrons. The van der Waals surface area contributed by atoms with Crippen molar-refractivity contribution in [1.29, 1.82) is 0 Å². The smallest absolute Gasteiger partial charge is 0.331 e. The molecule has 0 saturated carbocycles. The Morgan fingerprint density at radius 2 is 2.25 bits per heavy atom. The number of rotatable bonds is 6. The number of methoxy groups -OCH3 is 1. The van der Waals surface area contributed by atoms with Crippen LogP contribution in [0.15, 0.2) is 41.6 Å². The molecule has 0 aliphatic rings. The lowest BCUT2D eigenvalue weighted by Crippen LogP contribution is -2.23.